The first-order valence-corrected chi connectivity index (χ1v) is 10.4. The van der Waals surface area contributed by atoms with Crippen LogP contribution in [0.2, 0.25) is 0 Å². The van der Waals surface area contributed by atoms with E-state index in [2.05, 4.69) is 57.2 Å². The Labute approximate surface area is 177 Å². The van der Waals surface area contributed by atoms with E-state index in [0.29, 0.717) is 0 Å². The number of methoxy groups -OCH3 is 1. The second-order valence-electron chi connectivity index (χ2n) is 7.15. The van der Waals surface area contributed by atoms with E-state index >= 15 is 0 Å². The van der Waals surface area contributed by atoms with E-state index in [4.69, 9.17) is 17.0 Å². The summed E-state index contributed by atoms with van der Waals surface area (Å²) in [6, 6.07) is 18.4. The minimum Gasteiger partial charge on any atom is -0.495 e. The zero-order valence-electron chi connectivity index (χ0n) is 16.8. The molecule has 0 amide bonds. The molecule has 0 aliphatic carbocycles. The van der Waals surface area contributed by atoms with E-state index in [1.165, 1.54) is 0 Å². The third kappa shape index (κ3) is 3.72. The molecule has 0 spiro atoms. The number of nitrogens with zero attached hydrogens (tertiary/aromatic N) is 3. The van der Waals surface area contributed by atoms with Crippen LogP contribution in [0.25, 0.3) is 5.69 Å². The number of nitrogens with one attached hydrogen (secondary N) is 1. The van der Waals surface area contributed by atoms with Gasteiger partial charge in [0.25, 0.3) is 0 Å². The molecule has 1 aliphatic rings. The van der Waals surface area contributed by atoms with Crippen molar-refractivity contribution >= 4 is 17.3 Å². The van der Waals surface area contributed by atoms with Gasteiger partial charge >= 0.3 is 0 Å². The average Bonchev–Trinajstić information content (AvgIpc) is 3.37. The molecule has 1 N–H and O–H groups in total. The maximum atomic E-state index is 5.74. The van der Waals surface area contributed by atoms with Crippen molar-refractivity contribution in [2.24, 2.45) is 0 Å². The number of ether oxygens (including phenoxy) is 1. The lowest BCUT2D eigenvalue weighted by Gasteiger charge is -2.29. The zero-order valence-corrected chi connectivity index (χ0v) is 17.6. The van der Waals surface area contributed by atoms with Crippen LogP contribution >= 0.6 is 12.2 Å². The summed E-state index contributed by atoms with van der Waals surface area (Å²) in [5.41, 5.74) is 3.17. The summed E-state index contributed by atoms with van der Waals surface area (Å²) in [5, 5.41) is 4.31. The van der Waals surface area contributed by atoms with Gasteiger partial charge < -0.3 is 19.5 Å². The molecule has 2 atom stereocenters. The molecule has 1 saturated heterocycles. The van der Waals surface area contributed by atoms with E-state index in [1.807, 2.05) is 36.5 Å². The summed E-state index contributed by atoms with van der Waals surface area (Å²) in [6.07, 6.45) is 6.13. The van der Waals surface area contributed by atoms with Gasteiger partial charge in [0.1, 0.15) is 5.75 Å². The third-order valence-corrected chi connectivity index (χ3v) is 5.73. The van der Waals surface area contributed by atoms with Gasteiger partial charge in [-0.2, -0.15) is 0 Å². The molecular weight excluding hydrogens is 380 g/mol. The normalized spacial score (nSPS) is 18.7. The van der Waals surface area contributed by atoms with Crippen LogP contribution in [0, 0.1) is 0 Å². The quantitative estimate of drug-likeness (QED) is 0.579. The fourth-order valence-corrected chi connectivity index (χ4v) is 4.31. The van der Waals surface area contributed by atoms with Crippen molar-refractivity contribution in [1.82, 2.24) is 19.8 Å². The summed E-state index contributed by atoms with van der Waals surface area (Å²) in [7, 11) is 1.71. The summed E-state index contributed by atoms with van der Waals surface area (Å²) < 4.78 is 7.83. The highest BCUT2D eigenvalue weighted by Crippen LogP contribution is 2.40. The number of benzene rings is 1. The highest BCUT2D eigenvalue weighted by atomic mass is 32.1. The van der Waals surface area contributed by atoms with Gasteiger partial charge in [-0.3, -0.25) is 4.98 Å². The molecule has 1 fully saturated rings. The van der Waals surface area contributed by atoms with Crippen molar-refractivity contribution in [3.8, 4) is 11.4 Å². The topological polar surface area (TPSA) is 42.3 Å². The molecule has 1 aromatic carbocycles. The predicted octanol–water partition coefficient (Wildman–Crippen LogP) is 4.65. The van der Waals surface area contributed by atoms with Gasteiger partial charge in [0, 0.05) is 24.6 Å². The van der Waals surface area contributed by atoms with Crippen molar-refractivity contribution in [2.45, 2.75) is 31.8 Å². The van der Waals surface area contributed by atoms with Gasteiger partial charge in [0.05, 0.1) is 30.6 Å². The van der Waals surface area contributed by atoms with Crippen LogP contribution in [-0.2, 0) is 0 Å². The lowest BCUT2D eigenvalue weighted by Crippen LogP contribution is -2.31. The maximum Gasteiger partial charge on any atom is 0.170 e. The molecule has 3 aromatic rings. The standard InChI is InChI=1S/C23H26N4OS/c1-3-4-15-27-22(21(25-23(27)29)17-10-7-8-14-24-17)19-12-9-16-26(19)18-11-5-6-13-20(18)28-2/h5-14,16,21-22H,3-4,15H2,1-2H3,(H,25,29)/t21-,22-/m0/s1. The molecule has 0 bridgehead atoms. The fourth-order valence-electron chi connectivity index (χ4n) is 3.98. The molecule has 0 saturated carbocycles. The Balaban J connectivity index is 1.81. The number of thiocarbonyl (C=S) groups is 1. The van der Waals surface area contributed by atoms with Crippen LogP contribution in [0.3, 0.4) is 0 Å². The van der Waals surface area contributed by atoms with Crippen molar-refractivity contribution in [3.05, 3.63) is 78.4 Å². The molecule has 2 aromatic heterocycles. The molecule has 0 radical (unpaired) electrons. The number of pyridine rings is 1. The minimum atomic E-state index is -0.0103. The van der Waals surface area contributed by atoms with Crippen LogP contribution < -0.4 is 10.1 Å². The SMILES string of the molecule is CCCCN1C(=S)N[C@@H](c2ccccn2)[C@@H]1c1cccn1-c1ccccc1OC. The molecule has 5 nitrogen and oxygen atoms in total. The largest absolute Gasteiger partial charge is 0.495 e. The smallest absolute Gasteiger partial charge is 0.170 e. The average molecular weight is 407 g/mol. The van der Waals surface area contributed by atoms with Gasteiger partial charge in [-0.25, -0.2) is 0 Å². The van der Waals surface area contributed by atoms with Crippen molar-refractivity contribution in [3.63, 3.8) is 0 Å². The summed E-state index contributed by atoms with van der Waals surface area (Å²) in [5.74, 6) is 0.841. The van der Waals surface area contributed by atoms with E-state index < -0.39 is 0 Å². The Morgan fingerprint density at radius 3 is 2.69 bits per heavy atom. The van der Waals surface area contributed by atoms with Crippen LogP contribution in [-0.4, -0.2) is 33.2 Å². The van der Waals surface area contributed by atoms with E-state index in [1.54, 1.807) is 7.11 Å². The lowest BCUT2D eigenvalue weighted by atomic mass is 10.0. The number of rotatable bonds is 7. The molecule has 3 heterocycles. The zero-order chi connectivity index (χ0) is 20.2. The summed E-state index contributed by atoms with van der Waals surface area (Å²) in [6.45, 7) is 3.11. The highest BCUT2D eigenvalue weighted by Gasteiger charge is 2.41. The Kier molecular flexibility index (Phi) is 5.81. The van der Waals surface area contributed by atoms with Crippen molar-refractivity contribution in [2.75, 3.05) is 13.7 Å². The van der Waals surface area contributed by atoms with Crippen LogP contribution in [0.4, 0.5) is 0 Å². The van der Waals surface area contributed by atoms with Gasteiger partial charge in [-0.15, -0.1) is 0 Å². The van der Waals surface area contributed by atoms with Crippen LogP contribution in [0.5, 0.6) is 5.75 Å². The Morgan fingerprint density at radius 2 is 1.93 bits per heavy atom. The third-order valence-electron chi connectivity index (χ3n) is 5.38. The first kappa shape index (κ1) is 19.5. The van der Waals surface area contributed by atoms with Crippen LogP contribution in [0.15, 0.2) is 67.0 Å². The van der Waals surface area contributed by atoms with Crippen LogP contribution in [0.1, 0.15) is 43.2 Å². The number of para-hydroxylation sites is 2. The van der Waals surface area contributed by atoms with Gasteiger partial charge in [0.15, 0.2) is 5.11 Å². The lowest BCUT2D eigenvalue weighted by molar-refractivity contribution is 0.304. The minimum absolute atomic E-state index is 0.0103. The first-order valence-electron chi connectivity index (χ1n) is 10.0. The van der Waals surface area contributed by atoms with Gasteiger partial charge in [0.2, 0.25) is 0 Å². The molecule has 29 heavy (non-hydrogen) atoms. The van der Waals surface area contributed by atoms with E-state index in [9.17, 15) is 0 Å². The predicted molar refractivity (Wildman–Crippen MR) is 119 cm³/mol. The molecule has 4 rings (SSSR count). The molecule has 0 unspecified atom stereocenters. The number of hydrogen-bond acceptors (Lipinski definition) is 3. The second-order valence-corrected chi connectivity index (χ2v) is 7.54. The fraction of sp³-hybridized carbons (Fsp3) is 0.304. The Bertz CT molecular complexity index is 972. The van der Waals surface area contributed by atoms with Gasteiger partial charge in [-0.1, -0.05) is 31.5 Å². The second kappa shape index (κ2) is 8.66. The van der Waals surface area contributed by atoms with Gasteiger partial charge in [-0.05, 0) is 55.0 Å². The first-order chi connectivity index (χ1) is 14.2. The Hall–Kier alpha value is -2.86. The van der Waals surface area contributed by atoms with E-state index in [-0.39, 0.29) is 12.1 Å². The maximum absolute atomic E-state index is 5.74. The molecule has 6 heteroatoms. The Morgan fingerprint density at radius 1 is 1.10 bits per heavy atom. The summed E-state index contributed by atoms with van der Waals surface area (Å²) in [4.78, 5) is 6.93. The molecule has 150 valence electrons. The molecular formula is C23H26N4OS. The van der Waals surface area contributed by atoms with Crippen molar-refractivity contribution < 1.29 is 4.74 Å². The van der Waals surface area contributed by atoms with E-state index in [0.717, 1.165) is 47.3 Å². The number of aromatic nitrogens is 2. The number of hydrogen-bond donors (Lipinski definition) is 1. The molecule has 1 aliphatic heterocycles. The van der Waals surface area contributed by atoms with Crippen molar-refractivity contribution in [1.29, 1.82) is 0 Å². The monoisotopic (exact) mass is 406 g/mol. The number of unbranched alkanes of at least 4 members (excludes halogenated alkanes) is 1. The highest BCUT2D eigenvalue weighted by molar-refractivity contribution is 7.80. The summed E-state index contributed by atoms with van der Waals surface area (Å²) >= 11 is 5.74.